The second kappa shape index (κ2) is 6.32. The lowest BCUT2D eigenvalue weighted by Crippen LogP contribution is -2.31. The van der Waals surface area contributed by atoms with Crippen LogP contribution in [0.2, 0.25) is 0 Å². The van der Waals surface area contributed by atoms with Crippen LogP contribution in [-0.4, -0.2) is 30.4 Å². The van der Waals surface area contributed by atoms with Crippen molar-refractivity contribution >= 4 is 15.9 Å². The Bertz CT molecular complexity index is 342. The van der Waals surface area contributed by atoms with Crippen molar-refractivity contribution in [2.75, 3.05) is 13.2 Å². The molecule has 2 N–H and O–H groups in total. The molecule has 0 spiro atoms. The lowest BCUT2D eigenvalue weighted by Gasteiger charge is -2.13. The largest absolute Gasteiger partial charge is 0.411 e. The van der Waals surface area contributed by atoms with Crippen LogP contribution in [0.3, 0.4) is 0 Å². The van der Waals surface area contributed by atoms with Gasteiger partial charge in [0.05, 0.1) is 6.61 Å². The molecule has 0 fully saturated rings. The summed E-state index contributed by atoms with van der Waals surface area (Å²) in [6, 6.07) is 3.06. The highest BCUT2D eigenvalue weighted by atomic mass is 79.9. The maximum Gasteiger partial charge on any atom is 0.411 e. The fourth-order valence-corrected chi connectivity index (χ4v) is 1.42. The summed E-state index contributed by atoms with van der Waals surface area (Å²) in [5, 5.41) is 0. The van der Waals surface area contributed by atoms with Gasteiger partial charge in [0, 0.05) is 28.8 Å². The smallest absolute Gasteiger partial charge is 0.370 e. The summed E-state index contributed by atoms with van der Waals surface area (Å²) in [5.74, 6) is 0. The monoisotopic (exact) mass is 312 g/mol. The third kappa shape index (κ3) is 6.60. The van der Waals surface area contributed by atoms with Gasteiger partial charge in [-0.3, -0.25) is 4.98 Å². The second-order valence-corrected chi connectivity index (χ2v) is 4.48. The molecule has 1 unspecified atom stereocenters. The molecule has 7 heteroatoms. The molecule has 0 aliphatic rings. The van der Waals surface area contributed by atoms with Crippen molar-refractivity contribution in [1.82, 2.24) is 4.98 Å². The zero-order chi connectivity index (χ0) is 12.9. The van der Waals surface area contributed by atoms with E-state index in [2.05, 4.69) is 25.7 Å². The third-order valence-electron chi connectivity index (χ3n) is 1.86. The predicted molar refractivity (Wildman–Crippen MR) is 60.5 cm³/mol. The third-order valence-corrected chi connectivity index (χ3v) is 2.33. The second-order valence-electron chi connectivity index (χ2n) is 3.56. The number of hydrogen-bond donors (Lipinski definition) is 1. The van der Waals surface area contributed by atoms with Gasteiger partial charge in [-0.1, -0.05) is 0 Å². The molecule has 0 saturated carbocycles. The number of alkyl halides is 3. The minimum absolute atomic E-state index is 0.142. The lowest BCUT2D eigenvalue weighted by atomic mass is 10.1. The van der Waals surface area contributed by atoms with Crippen LogP contribution in [-0.2, 0) is 11.2 Å². The molecule has 1 heterocycles. The van der Waals surface area contributed by atoms with Gasteiger partial charge in [0.2, 0.25) is 0 Å². The summed E-state index contributed by atoms with van der Waals surface area (Å²) in [6.45, 7) is -1.41. The van der Waals surface area contributed by atoms with E-state index in [0.717, 1.165) is 10.2 Å². The normalized spacial score (nSPS) is 13.7. The van der Waals surface area contributed by atoms with Crippen molar-refractivity contribution in [2.45, 2.75) is 18.6 Å². The predicted octanol–water partition coefficient (Wildman–Crippen LogP) is 2.29. The first kappa shape index (κ1) is 14.4. The average molecular weight is 313 g/mol. The van der Waals surface area contributed by atoms with Crippen molar-refractivity contribution in [3.05, 3.63) is 28.5 Å². The zero-order valence-corrected chi connectivity index (χ0v) is 10.5. The Kier molecular flexibility index (Phi) is 5.35. The van der Waals surface area contributed by atoms with Gasteiger partial charge < -0.3 is 10.5 Å². The summed E-state index contributed by atoms with van der Waals surface area (Å²) in [5.41, 5.74) is 6.35. The summed E-state index contributed by atoms with van der Waals surface area (Å²) in [6.07, 6.45) is -2.32. The van der Waals surface area contributed by atoms with E-state index < -0.39 is 18.8 Å². The summed E-state index contributed by atoms with van der Waals surface area (Å²) in [7, 11) is 0. The highest BCUT2D eigenvalue weighted by Gasteiger charge is 2.27. The molecule has 0 amide bonds. The number of aromatic nitrogens is 1. The molecule has 17 heavy (non-hydrogen) atoms. The van der Waals surface area contributed by atoms with Crippen LogP contribution in [0.15, 0.2) is 22.8 Å². The molecule has 0 radical (unpaired) electrons. The Hall–Kier alpha value is -0.660. The molecule has 0 aromatic carbocycles. The van der Waals surface area contributed by atoms with Crippen LogP contribution in [0.4, 0.5) is 13.2 Å². The van der Waals surface area contributed by atoms with E-state index in [9.17, 15) is 13.2 Å². The number of rotatable bonds is 5. The summed E-state index contributed by atoms with van der Waals surface area (Å²) in [4.78, 5) is 4.07. The first-order chi connectivity index (χ1) is 7.87. The van der Waals surface area contributed by atoms with E-state index in [-0.39, 0.29) is 6.61 Å². The number of pyridine rings is 1. The summed E-state index contributed by atoms with van der Waals surface area (Å²) < 4.78 is 40.7. The Balaban J connectivity index is 2.30. The molecule has 0 saturated heterocycles. The molecule has 0 bridgehead atoms. The van der Waals surface area contributed by atoms with Crippen LogP contribution in [0, 0.1) is 0 Å². The fourth-order valence-electron chi connectivity index (χ4n) is 1.18. The SMILES string of the molecule is NC(COCC(F)(F)F)Cc1ccc(Br)cn1. The van der Waals surface area contributed by atoms with E-state index in [1.807, 2.05) is 0 Å². The van der Waals surface area contributed by atoms with Crippen molar-refractivity contribution in [3.8, 4) is 0 Å². The van der Waals surface area contributed by atoms with Crippen molar-refractivity contribution in [3.63, 3.8) is 0 Å². The number of hydrogen-bond acceptors (Lipinski definition) is 3. The van der Waals surface area contributed by atoms with Gasteiger partial charge in [-0.15, -0.1) is 0 Å². The quantitative estimate of drug-likeness (QED) is 0.907. The molecule has 0 aliphatic heterocycles. The Morgan fingerprint density at radius 2 is 2.12 bits per heavy atom. The van der Waals surface area contributed by atoms with Crippen LogP contribution in [0.25, 0.3) is 0 Å². The lowest BCUT2D eigenvalue weighted by molar-refractivity contribution is -0.174. The number of halogens is 4. The Labute approximate surface area is 105 Å². The van der Waals surface area contributed by atoms with Gasteiger partial charge in [0.25, 0.3) is 0 Å². The van der Waals surface area contributed by atoms with Crippen LogP contribution in [0.1, 0.15) is 5.69 Å². The van der Waals surface area contributed by atoms with Crippen molar-refractivity contribution < 1.29 is 17.9 Å². The molecular formula is C10H12BrF3N2O. The highest BCUT2D eigenvalue weighted by Crippen LogP contribution is 2.14. The average Bonchev–Trinajstić information content (AvgIpc) is 2.19. The van der Waals surface area contributed by atoms with Gasteiger partial charge in [-0.2, -0.15) is 13.2 Å². The molecule has 0 aliphatic carbocycles. The standard InChI is InChI=1S/C10H12BrF3N2O/c11-7-1-2-9(16-4-7)3-8(15)5-17-6-10(12,13)14/h1-2,4,8H,3,5-6,15H2. The number of ether oxygens (including phenoxy) is 1. The maximum atomic E-state index is 11.8. The zero-order valence-electron chi connectivity index (χ0n) is 8.88. The molecule has 1 aromatic rings. The Morgan fingerprint density at radius 3 is 2.65 bits per heavy atom. The van der Waals surface area contributed by atoms with Crippen LogP contribution < -0.4 is 5.73 Å². The van der Waals surface area contributed by atoms with Crippen LogP contribution >= 0.6 is 15.9 Å². The topological polar surface area (TPSA) is 48.1 Å². The van der Waals surface area contributed by atoms with E-state index in [1.54, 1.807) is 18.3 Å². The maximum absolute atomic E-state index is 11.8. The van der Waals surface area contributed by atoms with Gasteiger partial charge in [-0.05, 0) is 28.1 Å². The number of nitrogens with zero attached hydrogens (tertiary/aromatic N) is 1. The van der Waals surface area contributed by atoms with Gasteiger partial charge in [0.15, 0.2) is 0 Å². The molecule has 1 rings (SSSR count). The molecule has 1 aromatic heterocycles. The molecule has 96 valence electrons. The van der Waals surface area contributed by atoms with E-state index >= 15 is 0 Å². The van der Waals surface area contributed by atoms with Crippen molar-refractivity contribution in [1.29, 1.82) is 0 Å². The van der Waals surface area contributed by atoms with E-state index in [0.29, 0.717) is 6.42 Å². The first-order valence-electron chi connectivity index (χ1n) is 4.87. The minimum atomic E-state index is -4.31. The van der Waals surface area contributed by atoms with Gasteiger partial charge in [0.1, 0.15) is 6.61 Å². The molecule has 1 atom stereocenters. The van der Waals surface area contributed by atoms with Gasteiger partial charge >= 0.3 is 6.18 Å². The molecular weight excluding hydrogens is 301 g/mol. The number of nitrogens with two attached hydrogens (primary N) is 1. The molecule has 3 nitrogen and oxygen atoms in total. The van der Waals surface area contributed by atoms with Crippen LogP contribution in [0.5, 0.6) is 0 Å². The Morgan fingerprint density at radius 1 is 1.41 bits per heavy atom. The van der Waals surface area contributed by atoms with E-state index in [4.69, 9.17) is 5.73 Å². The first-order valence-corrected chi connectivity index (χ1v) is 5.66. The van der Waals surface area contributed by atoms with Gasteiger partial charge in [-0.25, -0.2) is 0 Å². The van der Waals surface area contributed by atoms with Crippen molar-refractivity contribution in [2.24, 2.45) is 5.73 Å². The highest BCUT2D eigenvalue weighted by molar-refractivity contribution is 9.10. The minimum Gasteiger partial charge on any atom is -0.370 e. The summed E-state index contributed by atoms with van der Waals surface area (Å²) >= 11 is 3.23. The fraction of sp³-hybridized carbons (Fsp3) is 0.500. The van der Waals surface area contributed by atoms with E-state index in [1.165, 1.54) is 0 Å².